The second-order valence-corrected chi connectivity index (χ2v) is 13.4. The Labute approximate surface area is 242 Å². The molecule has 8 rings (SSSR count). The number of non-ortho nitro benzene ring substituents is 1. The maximum Gasteiger partial charge on any atom is 0.305 e. The lowest BCUT2D eigenvalue weighted by molar-refractivity contribution is -0.384. The van der Waals surface area contributed by atoms with Gasteiger partial charge in [-0.05, 0) is 53.0 Å². The van der Waals surface area contributed by atoms with Crippen molar-refractivity contribution in [1.29, 1.82) is 0 Å². The van der Waals surface area contributed by atoms with Crippen molar-refractivity contribution in [3.05, 3.63) is 109 Å². The summed E-state index contributed by atoms with van der Waals surface area (Å²) in [7, 11) is 0. The van der Waals surface area contributed by atoms with Gasteiger partial charge < -0.3 is 4.98 Å². The SMILES string of the molecule is O=C1C2C3CC(C2C(=O)N1c1ccc([N+](=O)[O-])cc1)C1C3Sc2[nH]c(=O)sc2[C@@H]1c1ccc(-c2ccccc2)cc1. The van der Waals surface area contributed by atoms with E-state index in [9.17, 15) is 24.5 Å². The summed E-state index contributed by atoms with van der Waals surface area (Å²) in [5, 5.41) is 12.1. The molecule has 0 spiro atoms. The first-order valence-corrected chi connectivity index (χ1v) is 15.3. The molecule has 4 aromatic rings. The number of thioether (sulfide) groups is 1. The zero-order chi connectivity index (χ0) is 28.0. The Morgan fingerprint density at radius 2 is 1.49 bits per heavy atom. The number of nitro benzene ring substituents is 1. The standard InChI is InChI=1S/C31H23N3O5S2/c35-29-24-20-14-21(25(24)30(36)33(29)18-10-12-19(13-11-18)34(38)39)26-23(20)22(27-28(40-26)32-31(37)41-27)17-8-6-16(7-9-17)15-4-2-1-3-5-15/h1-13,20-26H,14H2,(H,32,37)/t20?,21?,22-,23?,24?,25?,26?/m1/s1. The number of hydrogen-bond donors (Lipinski definition) is 1. The zero-order valence-corrected chi connectivity index (χ0v) is 23.1. The molecular weight excluding hydrogens is 558 g/mol. The average Bonchev–Trinajstić information content (AvgIpc) is 3.72. The first-order valence-electron chi connectivity index (χ1n) is 13.6. The minimum atomic E-state index is -0.496. The van der Waals surface area contributed by atoms with Crippen molar-refractivity contribution >= 4 is 46.3 Å². The topological polar surface area (TPSA) is 113 Å². The van der Waals surface area contributed by atoms with E-state index in [1.165, 1.54) is 40.5 Å². The number of rotatable bonds is 4. The number of imide groups is 1. The third-order valence-corrected chi connectivity index (χ3v) is 12.0. The largest absolute Gasteiger partial charge is 0.307 e. The Morgan fingerprint density at radius 1 is 0.829 bits per heavy atom. The number of aromatic amines is 1. The third-order valence-electron chi connectivity index (χ3n) is 9.42. The van der Waals surface area contributed by atoms with Crippen LogP contribution in [0.2, 0.25) is 0 Å². The maximum absolute atomic E-state index is 13.9. The van der Waals surface area contributed by atoms with Crippen molar-refractivity contribution in [2.24, 2.45) is 29.6 Å². The minimum Gasteiger partial charge on any atom is -0.307 e. The van der Waals surface area contributed by atoms with Crippen LogP contribution < -0.4 is 9.77 Å². The second kappa shape index (κ2) is 8.99. The summed E-state index contributed by atoms with van der Waals surface area (Å²) < 4.78 is 0. The monoisotopic (exact) mass is 581 g/mol. The summed E-state index contributed by atoms with van der Waals surface area (Å²) >= 11 is 2.91. The number of aromatic nitrogens is 1. The van der Waals surface area contributed by atoms with Crippen LogP contribution in [0.5, 0.6) is 0 Å². The molecule has 7 atom stereocenters. The van der Waals surface area contributed by atoms with Gasteiger partial charge in [0.1, 0.15) is 0 Å². The Kier molecular flexibility index (Phi) is 5.43. The summed E-state index contributed by atoms with van der Waals surface area (Å²) in [5.41, 5.74) is 3.65. The van der Waals surface area contributed by atoms with Crippen LogP contribution >= 0.6 is 23.1 Å². The van der Waals surface area contributed by atoms with Gasteiger partial charge in [-0.1, -0.05) is 65.9 Å². The van der Waals surface area contributed by atoms with Gasteiger partial charge in [-0.3, -0.25) is 29.4 Å². The average molecular weight is 582 g/mol. The van der Waals surface area contributed by atoms with Crippen molar-refractivity contribution in [2.45, 2.75) is 22.6 Å². The number of fused-ring (bicyclic) bond motifs is 9. The molecule has 1 aromatic heterocycles. The van der Waals surface area contributed by atoms with Crippen molar-refractivity contribution in [2.75, 3.05) is 4.90 Å². The summed E-state index contributed by atoms with van der Waals surface area (Å²) in [5.74, 6) is -1.17. The quantitative estimate of drug-likeness (QED) is 0.188. The van der Waals surface area contributed by atoms with Gasteiger partial charge in [-0.25, -0.2) is 0 Å². The third kappa shape index (κ3) is 3.56. The molecule has 41 heavy (non-hydrogen) atoms. The van der Waals surface area contributed by atoms with Gasteiger partial charge in [0.25, 0.3) is 5.69 Å². The molecule has 1 N–H and O–H groups in total. The highest BCUT2D eigenvalue weighted by Crippen LogP contribution is 2.68. The smallest absolute Gasteiger partial charge is 0.305 e. The summed E-state index contributed by atoms with van der Waals surface area (Å²) in [6.45, 7) is 0. The highest BCUT2D eigenvalue weighted by Gasteiger charge is 2.69. The number of H-pyrrole nitrogens is 1. The number of anilines is 1. The van der Waals surface area contributed by atoms with Gasteiger partial charge in [-0.15, -0.1) is 11.8 Å². The summed E-state index contributed by atoms with van der Waals surface area (Å²) in [4.78, 5) is 56.0. The maximum atomic E-state index is 13.9. The molecule has 4 aliphatic rings. The number of hydrogen-bond acceptors (Lipinski definition) is 7. The van der Waals surface area contributed by atoms with Crippen LogP contribution in [0.1, 0.15) is 22.8 Å². The van der Waals surface area contributed by atoms with Crippen molar-refractivity contribution < 1.29 is 14.5 Å². The number of carbonyl (C=O) groups is 2. The fourth-order valence-corrected chi connectivity index (χ4v) is 10.8. The number of nitrogens with zero attached hydrogens (tertiary/aromatic N) is 2. The second-order valence-electron chi connectivity index (χ2n) is 11.2. The molecular formula is C31H23N3O5S2. The lowest BCUT2D eigenvalue weighted by Crippen LogP contribution is -2.42. The lowest BCUT2D eigenvalue weighted by Gasteiger charge is -2.43. The van der Waals surface area contributed by atoms with Gasteiger partial charge in [-0.2, -0.15) is 0 Å². The molecule has 3 aromatic carbocycles. The molecule has 1 saturated heterocycles. The number of nitrogens with one attached hydrogen (secondary N) is 1. The molecule has 2 bridgehead atoms. The van der Waals surface area contributed by atoms with Crippen LogP contribution in [0.15, 0.2) is 88.7 Å². The predicted octanol–water partition coefficient (Wildman–Crippen LogP) is 5.69. The van der Waals surface area contributed by atoms with Gasteiger partial charge in [0.2, 0.25) is 11.8 Å². The van der Waals surface area contributed by atoms with E-state index in [2.05, 4.69) is 41.4 Å². The van der Waals surface area contributed by atoms with Crippen LogP contribution in [0.25, 0.3) is 11.1 Å². The molecule has 3 fully saturated rings. The minimum absolute atomic E-state index is 0.00569. The Bertz CT molecular complexity index is 1780. The van der Waals surface area contributed by atoms with Gasteiger partial charge in [0, 0.05) is 28.2 Å². The normalized spacial score (nSPS) is 29.4. The first-order chi connectivity index (χ1) is 19.9. The Hall–Kier alpha value is -4.02. The highest BCUT2D eigenvalue weighted by atomic mass is 32.2. The molecule has 204 valence electrons. The predicted molar refractivity (Wildman–Crippen MR) is 156 cm³/mol. The number of carbonyl (C=O) groups excluding carboxylic acids is 2. The fraction of sp³-hybridized carbons (Fsp3) is 0.258. The zero-order valence-electron chi connectivity index (χ0n) is 21.5. The van der Waals surface area contributed by atoms with E-state index < -0.39 is 16.8 Å². The number of benzene rings is 3. The summed E-state index contributed by atoms with van der Waals surface area (Å²) in [6.07, 6.45) is 0.807. The van der Waals surface area contributed by atoms with Crippen LogP contribution in [0.4, 0.5) is 11.4 Å². The Balaban J connectivity index is 1.17. The fourth-order valence-electron chi connectivity index (χ4n) is 7.88. The van der Waals surface area contributed by atoms with E-state index in [0.29, 0.717) is 5.69 Å². The molecule has 3 heterocycles. The Morgan fingerprint density at radius 3 is 2.17 bits per heavy atom. The highest BCUT2D eigenvalue weighted by molar-refractivity contribution is 8.00. The molecule has 2 aliphatic carbocycles. The van der Waals surface area contributed by atoms with Crippen molar-refractivity contribution in [3.8, 4) is 11.1 Å². The molecule has 2 aliphatic heterocycles. The van der Waals surface area contributed by atoms with Gasteiger partial charge in [0.05, 0.1) is 27.5 Å². The molecule has 8 nitrogen and oxygen atoms in total. The van der Waals surface area contributed by atoms with Crippen LogP contribution in [-0.4, -0.2) is 27.0 Å². The van der Waals surface area contributed by atoms with E-state index >= 15 is 0 Å². The lowest BCUT2D eigenvalue weighted by atomic mass is 9.68. The first kappa shape index (κ1) is 24.8. The van der Waals surface area contributed by atoms with Crippen molar-refractivity contribution in [1.82, 2.24) is 4.98 Å². The van der Waals surface area contributed by atoms with Crippen molar-refractivity contribution in [3.63, 3.8) is 0 Å². The molecule has 2 amide bonds. The number of nitro groups is 1. The van der Waals surface area contributed by atoms with Crippen LogP contribution in [0.3, 0.4) is 0 Å². The number of amides is 2. The van der Waals surface area contributed by atoms with E-state index in [4.69, 9.17) is 0 Å². The summed E-state index contributed by atoms with van der Waals surface area (Å²) in [6, 6.07) is 24.3. The van der Waals surface area contributed by atoms with Gasteiger partial charge in [0.15, 0.2) is 0 Å². The van der Waals surface area contributed by atoms with E-state index in [-0.39, 0.29) is 51.3 Å². The molecule has 6 unspecified atom stereocenters. The van der Waals surface area contributed by atoms with Gasteiger partial charge >= 0.3 is 4.87 Å². The molecule has 0 radical (unpaired) electrons. The van der Waals surface area contributed by atoms with E-state index in [1.807, 2.05) is 18.2 Å². The van der Waals surface area contributed by atoms with E-state index in [0.717, 1.165) is 33.0 Å². The van der Waals surface area contributed by atoms with Crippen LogP contribution in [-0.2, 0) is 9.59 Å². The molecule has 10 heteroatoms. The number of thiazole rings is 1. The van der Waals surface area contributed by atoms with Crippen LogP contribution in [0, 0.1) is 39.7 Å². The van der Waals surface area contributed by atoms with E-state index in [1.54, 1.807) is 11.8 Å². The molecule has 2 saturated carbocycles.